The first-order chi connectivity index (χ1) is 13.1. The van der Waals surface area contributed by atoms with Crippen LogP contribution in [0.5, 0.6) is 5.75 Å². The van der Waals surface area contributed by atoms with Crippen molar-refractivity contribution < 1.29 is 9.53 Å². The van der Waals surface area contributed by atoms with Crippen LogP contribution in [0, 0.1) is 0 Å². The minimum absolute atomic E-state index is 0.232. The van der Waals surface area contributed by atoms with Crippen LogP contribution in [0.15, 0.2) is 56.8 Å². The van der Waals surface area contributed by atoms with Gasteiger partial charge in [-0.2, -0.15) is 9.78 Å². The van der Waals surface area contributed by atoms with Crippen molar-refractivity contribution in [2.24, 2.45) is 5.10 Å². The predicted molar refractivity (Wildman–Crippen MR) is 113 cm³/mol. The fraction of sp³-hybridized carbons (Fsp3) is 0.238. The van der Waals surface area contributed by atoms with Gasteiger partial charge in [0.05, 0.1) is 17.1 Å². The van der Waals surface area contributed by atoms with Crippen LogP contribution >= 0.6 is 15.9 Å². The van der Waals surface area contributed by atoms with E-state index >= 15 is 0 Å². The molecule has 0 amide bonds. The molecule has 0 bridgehead atoms. The van der Waals surface area contributed by atoms with Gasteiger partial charge in [0, 0.05) is 16.8 Å². The number of fused-ring (bicyclic) bond motifs is 1. The molecule has 2 aromatic carbocycles. The molecule has 1 aromatic heterocycles. The van der Waals surface area contributed by atoms with Crippen molar-refractivity contribution in [3.8, 4) is 5.75 Å². The summed E-state index contributed by atoms with van der Waals surface area (Å²) in [6.45, 7) is 7.30. The Hall–Kier alpha value is -2.80. The Labute approximate surface area is 171 Å². The zero-order valence-electron chi connectivity index (χ0n) is 16.1. The van der Waals surface area contributed by atoms with Crippen molar-refractivity contribution in [1.29, 1.82) is 0 Å². The SMILES string of the molecule is CC(=O)Oc1ccc(C=Nn2c(C(C)(C)C)nc3ccc(Br)cc3c2=O)cc1. The van der Waals surface area contributed by atoms with E-state index in [0.717, 1.165) is 10.0 Å². The third kappa shape index (κ3) is 4.36. The second-order valence-corrected chi connectivity index (χ2v) is 8.29. The molecule has 0 aliphatic carbocycles. The number of rotatable bonds is 3. The lowest BCUT2D eigenvalue weighted by atomic mass is 9.95. The summed E-state index contributed by atoms with van der Waals surface area (Å²) in [6.07, 6.45) is 1.58. The molecule has 1 heterocycles. The maximum absolute atomic E-state index is 13.1. The van der Waals surface area contributed by atoms with E-state index in [-0.39, 0.29) is 16.9 Å². The number of nitrogens with zero attached hydrogens (tertiary/aromatic N) is 3. The van der Waals surface area contributed by atoms with E-state index in [1.807, 2.05) is 32.9 Å². The average Bonchev–Trinajstić information content (AvgIpc) is 2.61. The molecule has 7 heteroatoms. The highest BCUT2D eigenvalue weighted by atomic mass is 79.9. The van der Waals surface area contributed by atoms with Crippen LogP contribution in [-0.2, 0) is 10.2 Å². The zero-order chi connectivity index (χ0) is 20.5. The third-order valence-corrected chi connectivity index (χ3v) is 4.44. The average molecular weight is 442 g/mol. The predicted octanol–water partition coefficient (Wildman–Crippen LogP) is 4.26. The van der Waals surface area contributed by atoms with Gasteiger partial charge in [-0.1, -0.05) is 36.7 Å². The minimum Gasteiger partial charge on any atom is -0.427 e. The van der Waals surface area contributed by atoms with Crippen molar-refractivity contribution in [3.05, 3.63) is 68.7 Å². The highest BCUT2D eigenvalue weighted by Crippen LogP contribution is 2.23. The van der Waals surface area contributed by atoms with Gasteiger partial charge < -0.3 is 4.74 Å². The number of carbonyl (C=O) groups is 1. The molecule has 0 radical (unpaired) electrons. The monoisotopic (exact) mass is 441 g/mol. The molecule has 0 atom stereocenters. The minimum atomic E-state index is -0.379. The van der Waals surface area contributed by atoms with E-state index in [1.165, 1.54) is 11.6 Å². The molecule has 0 spiro atoms. The first-order valence-corrected chi connectivity index (χ1v) is 9.50. The summed E-state index contributed by atoms with van der Waals surface area (Å²) < 4.78 is 7.17. The van der Waals surface area contributed by atoms with E-state index in [4.69, 9.17) is 4.74 Å². The topological polar surface area (TPSA) is 73.5 Å². The largest absolute Gasteiger partial charge is 0.427 e. The van der Waals surface area contributed by atoms with E-state index in [9.17, 15) is 9.59 Å². The molecular weight excluding hydrogens is 422 g/mol. The second kappa shape index (κ2) is 7.67. The molecule has 0 saturated carbocycles. The molecule has 0 N–H and O–H groups in total. The number of halogens is 1. The molecular formula is C21H20BrN3O3. The van der Waals surface area contributed by atoms with Crippen molar-refractivity contribution >= 4 is 39.0 Å². The maximum atomic E-state index is 13.1. The van der Waals surface area contributed by atoms with Crippen LogP contribution < -0.4 is 10.3 Å². The van der Waals surface area contributed by atoms with Gasteiger partial charge >= 0.3 is 5.97 Å². The van der Waals surface area contributed by atoms with Gasteiger partial charge in [0.15, 0.2) is 0 Å². The number of hydrogen-bond acceptors (Lipinski definition) is 5. The lowest BCUT2D eigenvalue weighted by molar-refractivity contribution is -0.131. The van der Waals surface area contributed by atoms with E-state index in [0.29, 0.717) is 22.5 Å². The van der Waals surface area contributed by atoms with Gasteiger partial charge in [0.1, 0.15) is 11.6 Å². The summed E-state index contributed by atoms with van der Waals surface area (Å²) in [5.74, 6) is 0.644. The Morgan fingerprint density at radius 1 is 1.18 bits per heavy atom. The summed E-state index contributed by atoms with van der Waals surface area (Å²) in [4.78, 5) is 28.8. The summed E-state index contributed by atoms with van der Waals surface area (Å²) in [7, 11) is 0. The molecule has 0 fully saturated rings. The summed E-state index contributed by atoms with van der Waals surface area (Å²) >= 11 is 3.40. The van der Waals surface area contributed by atoms with Crippen molar-refractivity contribution in [3.63, 3.8) is 0 Å². The highest BCUT2D eigenvalue weighted by molar-refractivity contribution is 9.10. The first kappa shape index (κ1) is 19.9. The molecule has 0 unspecified atom stereocenters. The van der Waals surface area contributed by atoms with Gasteiger partial charge in [0.25, 0.3) is 5.56 Å². The number of aromatic nitrogens is 2. The Balaban J connectivity index is 2.08. The van der Waals surface area contributed by atoms with Crippen LogP contribution in [0.4, 0.5) is 0 Å². The van der Waals surface area contributed by atoms with Crippen LogP contribution in [0.1, 0.15) is 39.1 Å². The standard InChI is InChI=1S/C21H20BrN3O3/c1-13(26)28-16-8-5-14(6-9-16)12-23-25-19(27)17-11-15(22)7-10-18(17)24-20(25)21(2,3)4/h5-12H,1-4H3. The molecule has 0 saturated heterocycles. The molecule has 0 aliphatic rings. The molecule has 3 aromatic rings. The fourth-order valence-corrected chi connectivity index (χ4v) is 3.01. The fourth-order valence-electron chi connectivity index (χ4n) is 2.65. The molecule has 28 heavy (non-hydrogen) atoms. The van der Waals surface area contributed by atoms with Gasteiger partial charge in [-0.3, -0.25) is 9.59 Å². The summed E-state index contributed by atoms with van der Waals surface area (Å²) in [6, 6.07) is 12.3. The number of carbonyl (C=O) groups excluding carboxylic acids is 1. The lowest BCUT2D eigenvalue weighted by Gasteiger charge is -2.20. The van der Waals surface area contributed by atoms with Gasteiger partial charge in [-0.05, 0) is 48.0 Å². The third-order valence-electron chi connectivity index (χ3n) is 3.94. The number of ether oxygens (including phenoxy) is 1. The zero-order valence-corrected chi connectivity index (χ0v) is 17.6. The summed E-state index contributed by atoms with van der Waals surface area (Å²) in [5.41, 5.74) is 0.785. The molecule has 3 rings (SSSR count). The number of benzene rings is 2. The van der Waals surface area contributed by atoms with E-state index in [2.05, 4.69) is 26.0 Å². The first-order valence-electron chi connectivity index (χ1n) is 8.71. The Kier molecular flexibility index (Phi) is 5.47. The number of hydrogen-bond donors (Lipinski definition) is 0. The lowest BCUT2D eigenvalue weighted by Crippen LogP contribution is -2.29. The van der Waals surface area contributed by atoms with Gasteiger partial charge in [-0.25, -0.2) is 4.98 Å². The molecule has 0 aliphatic heterocycles. The van der Waals surface area contributed by atoms with Crippen LogP contribution in [-0.4, -0.2) is 21.8 Å². The van der Waals surface area contributed by atoms with Gasteiger partial charge in [-0.15, -0.1) is 0 Å². The smallest absolute Gasteiger partial charge is 0.308 e. The maximum Gasteiger partial charge on any atom is 0.308 e. The van der Waals surface area contributed by atoms with Crippen molar-refractivity contribution in [2.75, 3.05) is 0 Å². The highest BCUT2D eigenvalue weighted by Gasteiger charge is 2.22. The Morgan fingerprint density at radius 3 is 2.46 bits per heavy atom. The normalized spacial score (nSPS) is 11.9. The quantitative estimate of drug-likeness (QED) is 0.345. The van der Waals surface area contributed by atoms with Crippen molar-refractivity contribution in [2.45, 2.75) is 33.1 Å². The van der Waals surface area contributed by atoms with E-state index in [1.54, 1.807) is 36.5 Å². The Morgan fingerprint density at radius 2 is 1.86 bits per heavy atom. The Bertz CT molecular complexity index is 1130. The molecule has 144 valence electrons. The van der Waals surface area contributed by atoms with Crippen LogP contribution in [0.25, 0.3) is 10.9 Å². The van der Waals surface area contributed by atoms with Crippen molar-refractivity contribution in [1.82, 2.24) is 9.66 Å². The van der Waals surface area contributed by atoms with Crippen LogP contribution in [0.3, 0.4) is 0 Å². The molecule has 6 nitrogen and oxygen atoms in total. The summed E-state index contributed by atoms with van der Waals surface area (Å²) in [5, 5.41) is 4.90. The van der Waals surface area contributed by atoms with E-state index < -0.39 is 0 Å². The van der Waals surface area contributed by atoms with Gasteiger partial charge in [0.2, 0.25) is 0 Å². The number of esters is 1. The van der Waals surface area contributed by atoms with Crippen LogP contribution in [0.2, 0.25) is 0 Å². The second-order valence-electron chi connectivity index (χ2n) is 7.37.